The lowest BCUT2D eigenvalue weighted by atomic mass is 9.84. The topological polar surface area (TPSA) is 60.0 Å². The van der Waals surface area contributed by atoms with Gasteiger partial charge in [-0.2, -0.15) is 0 Å². The summed E-state index contributed by atoms with van der Waals surface area (Å²) in [5.74, 6) is 1.23. The zero-order valence-electron chi connectivity index (χ0n) is 17.2. The molecule has 1 amide bonds. The standard InChI is InChI=1S/C21H32FN5O.HI/c1-23-21(24-10-9-17-5-2-3-8-19(17)22)25-11-12-26-13-15-27(16-14-26)20(28)18-6-4-7-18;/h2-3,5,8,18H,4,6-7,9-16H2,1H3,(H2,23,24,25);1H. The van der Waals surface area contributed by atoms with Crippen LogP contribution in [-0.2, 0) is 11.2 Å². The second-order valence-corrected chi connectivity index (χ2v) is 7.56. The minimum atomic E-state index is -0.165. The van der Waals surface area contributed by atoms with Gasteiger partial charge >= 0.3 is 0 Å². The number of hydrogen-bond acceptors (Lipinski definition) is 3. The van der Waals surface area contributed by atoms with Gasteiger partial charge in [0.1, 0.15) is 5.82 Å². The van der Waals surface area contributed by atoms with E-state index in [0.717, 1.165) is 58.1 Å². The van der Waals surface area contributed by atoms with E-state index in [2.05, 4.69) is 20.5 Å². The molecule has 2 N–H and O–H groups in total. The minimum Gasteiger partial charge on any atom is -0.356 e. The van der Waals surface area contributed by atoms with Crippen LogP contribution in [0.2, 0.25) is 0 Å². The third kappa shape index (κ3) is 7.09. The van der Waals surface area contributed by atoms with E-state index in [1.807, 2.05) is 17.0 Å². The van der Waals surface area contributed by atoms with Crippen molar-refractivity contribution in [3.05, 3.63) is 35.6 Å². The fourth-order valence-electron chi connectivity index (χ4n) is 3.68. The predicted molar refractivity (Wildman–Crippen MR) is 125 cm³/mol. The highest BCUT2D eigenvalue weighted by molar-refractivity contribution is 14.0. The van der Waals surface area contributed by atoms with E-state index in [1.54, 1.807) is 13.1 Å². The Morgan fingerprint density at radius 3 is 2.45 bits per heavy atom. The first-order valence-corrected chi connectivity index (χ1v) is 10.4. The van der Waals surface area contributed by atoms with Crippen molar-refractivity contribution in [3.63, 3.8) is 0 Å². The molecule has 6 nitrogen and oxygen atoms in total. The van der Waals surface area contributed by atoms with E-state index in [-0.39, 0.29) is 29.8 Å². The van der Waals surface area contributed by atoms with Gasteiger partial charge in [-0.1, -0.05) is 24.6 Å². The van der Waals surface area contributed by atoms with Crippen LogP contribution < -0.4 is 10.6 Å². The Bertz CT molecular complexity index is 675. The van der Waals surface area contributed by atoms with Crippen LogP contribution in [0.4, 0.5) is 4.39 Å². The fourth-order valence-corrected chi connectivity index (χ4v) is 3.68. The number of nitrogens with zero attached hydrogens (tertiary/aromatic N) is 3. The largest absolute Gasteiger partial charge is 0.356 e. The van der Waals surface area contributed by atoms with Crippen molar-refractivity contribution >= 4 is 35.8 Å². The summed E-state index contributed by atoms with van der Waals surface area (Å²) >= 11 is 0. The number of rotatable bonds is 7. The number of guanidine groups is 1. The van der Waals surface area contributed by atoms with Crippen molar-refractivity contribution in [2.24, 2.45) is 10.9 Å². The molecule has 2 aliphatic rings. The molecular formula is C21H33FIN5O. The lowest BCUT2D eigenvalue weighted by Crippen LogP contribution is -2.52. The van der Waals surface area contributed by atoms with E-state index in [1.165, 1.54) is 12.5 Å². The Morgan fingerprint density at radius 2 is 1.83 bits per heavy atom. The van der Waals surface area contributed by atoms with Crippen molar-refractivity contribution in [3.8, 4) is 0 Å². The summed E-state index contributed by atoms with van der Waals surface area (Å²) in [6, 6.07) is 6.85. The molecule has 1 aromatic rings. The summed E-state index contributed by atoms with van der Waals surface area (Å²) < 4.78 is 13.6. The number of carbonyl (C=O) groups excluding carboxylic acids is 1. The average Bonchev–Trinajstić information content (AvgIpc) is 2.67. The SMILES string of the molecule is CN=C(NCCc1ccccc1F)NCCN1CCN(C(=O)C2CCC2)CC1.I. The molecule has 0 radical (unpaired) electrons. The lowest BCUT2D eigenvalue weighted by molar-refractivity contribution is -0.139. The number of aliphatic imine (C=N–C) groups is 1. The second kappa shape index (κ2) is 12.3. The summed E-state index contributed by atoms with van der Waals surface area (Å²) in [7, 11) is 1.74. The van der Waals surface area contributed by atoms with E-state index < -0.39 is 0 Å². The van der Waals surface area contributed by atoms with Crippen LogP contribution in [0.1, 0.15) is 24.8 Å². The van der Waals surface area contributed by atoms with Gasteiger partial charge in [-0.3, -0.25) is 14.7 Å². The summed E-state index contributed by atoms with van der Waals surface area (Å²) in [5.41, 5.74) is 0.708. The van der Waals surface area contributed by atoms with Crippen LogP contribution in [-0.4, -0.2) is 74.5 Å². The quantitative estimate of drug-likeness (QED) is 0.331. The number of carbonyl (C=O) groups is 1. The Balaban J connectivity index is 0.00000300. The van der Waals surface area contributed by atoms with Crippen molar-refractivity contribution in [2.45, 2.75) is 25.7 Å². The smallest absolute Gasteiger partial charge is 0.225 e. The van der Waals surface area contributed by atoms with E-state index in [4.69, 9.17) is 0 Å². The predicted octanol–water partition coefficient (Wildman–Crippen LogP) is 2.10. The third-order valence-corrected chi connectivity index (χ3v) is 5.73. The molecule has 29 heavy (non-hydrogen) atoms. The Labute approximate surface area is 190 Å². The number of hydrogen-bond donors (Lipinski definition) is 2. The summed E-state index contributed by atoms with van der Waals surface area (Å²) in [5, 5.41) is 6.54. The molecule has 2 fully saturated rings. The first-order chi connectivity index (χ1) is 13.7. The molecular weight excluding hydrogens is 484 g/mol. The van der Waals surface area contributed by atoms with E-state index >= 15 is 0 Å². The van der Waals surface area contributed by atoms with Crippen molar-refractivity contribution in [1.29, 1.82) is 0 Å². The highest BCUT2D eigenvalue weighted by Gasteiger charge is 2.30. The van der Waals surface area contributed by atoms with Crippen LogP contribution in [0, 0.1) is 11.7 Å². The van der Waals surface area contributed by atoms with E-state index in [9.17, 15) is 9.18 Å². The number of benzene rings is 1. The zero-order chi connectivity index (χ0) is 19.8. The number of halogens is 2. The molecule has 1 aliphatic heterocycles. The van der Waals surface area contributed by atoms with E-state index in [0.29, 0.717) is 30.4 Å². The third-order valence-electron chi connectivity index (χ3n) is 5.73. The molecule has 1 aliphatic carbocycles. The second-order valence-electron chi connectivity index (χ2n) is 7.56. The van der Waals surface area contributed by atoms with Gasteiger partial charge in [-0.25, -0.2) is 4.39 Å². The molecule has 8 heteroatoms. The van der Waals surface area contributed by atoms with Crippen molar-refractivity contribution < 1.29 is 9.18 Å². The van der Waals surface area contributed by atoms with Gasteiger partial charge in [0.15, 0.2) is 5.96 Å². The summed E-state index contributed by atoms with van der Waals surface area (Å²) in [6.45, 7) is 5.87. The van der Waals surface area contributed by atoms with Gasteiger partial charge in [0.25, 0.3) is 0 Å². The van der Waals surface area contributed by atoms with Crippen molar-refractivity contribution in [1.82, 2.24) is 20.4 Å². The van der Waals surface area contributed by atoms with Crippen LogP contribution in [0.25, 0.3) is 0 Å². The molecule has 1 saturated carbocycles. The number of nitrogens with one attached hydrogen (secondary N) is 2. The Morgan fingerprint density at radius 1 is 1.14 bits per heavy atom. The number of amides is 1. The molecule has 1 heterocycles. The monoisotopic (exact) mass is 517 g/mol. The lowest BCUT2D eigenvalue weighted by Gasteiger charge is -2.38. The molecule has 1 saturated heterocycles. The minimum absolute atomic E-state index is 0. The van der Waals surface area contributed by atoms with Gasteiger partial charge in [0.05, 0.1) is 0 Å². The Kier molecular flexibility index (Phi) is 10.1. The van der Waals surface area contributed by atoms with Gasteiger partial charge in [0.2, 0.25) is 5.91 Å². The maximum atomic E-state index is 13.6. The normalized spacial score (nSPS) is 18.0. The Hall–Kier alpha value is -1.42. The van der Waals surface area contributed by atoms with Gasteiger partial charge < -0.3 is 15.5 Å². The van der Waals surface area contributed by atoms with Crippen molar-refractivity contribution in [2.75, 3.05) is 52.9 Å². The molecule has 3 rings (SSSR count). The summed E-state index contributed by atoms with van der Waals surface area (Å²) in [6.07, 6.45) is 3.97. The molecule has 0 unspecified atom stereocenters. The highest BCUT2D eigenvalue weighted by Crippen LogP contribution is 2.28. The first-order valence-electron chi connectivity index (χ1n) is 10.4. The maximum Gasteiger partial charge on any atom is 0.225 e. The molecule has 162 valence electrons. The van der Waals surface area contributed by atoms with Crippen LogP contribution >= 0.6 is 24.0 Å². The highest BCUT2D eigenvalue weighted by atomic mass is 127. The first kappa shape index (κ1) is 23.9. The van der Waals surface area contributed by atoms with Crippen LogP contribution in [0.3, 0.4) is 0 Å². The number of piperazine rings is 1. The fraction of sp³-hybridized carbons (Fsp3) is 0.619. The molecule has 0 bridgehead atoms. The van der Waals surface area contributed by atoms with Gasteiger partial charge in [-0.15, -0.1) is 24.0 Å². The molecule has 0 aromatic heterocycles. The van der Waals surface area contributed by atoms with Gasteiger partial charge in [0, 0.05) is 58.8 Å². The molecule has 0 spiro atoms. The molecule has 0 atom stereocenters. The zero-order valence-corrected chi connectivity index (χ0v) is 19.5. The van der Waals surface area contributed by atoms with Gasteiger partial charge in [-0.05, 0) is 30.9 Å². The van der Waals surface area contributed by atoms with Crippen LogP contribution in [0.15, 0.2) is 29.3 Å². The van der Waals surface area contributed by atoms with Crippen LogP contribution in [0.5, 0.6) is 0 Å². The molecule has 1 aromatic carbocycles. The maximum absolute atomic E-state index is 13.6. The summed E-state index contributed by atoms with van der Waals surface area (Å²) in [4.78, 5) is 20.9. The average molecular weight is 517 g/mol.